The van der Waals surface area contributed by atoms with Crippen molar-refractivity contribution in [1.29, 1.82) is 0 Å². The van der Waals surface area contributed by atoms with Gasteiger partial charge in [-0.1, -0.05) is 40.9 Å². The van der Waals surface area contributed by atoms with Crippen molar-refractivity contribution in [2.75, 3.05) is 36.4 Å². The molecule has 2 aromatic rings. The number of anilines is 2. The normalized spacial score (nSPS) is 14.5. The number of halogens is 3. The van der Waals surface area contributed by atoms with Crippen molar-refractivity contribution in [3.8, 4) is 0 Å². The van der Waals surface area contributed by atoms with Crippen LogP contribution in [0.5, 0.6) is 0 Å². The van der Waals surface area contributed by atoms with Gasteiger partial charge in [0.15, 0.2) is 0 Å². The Labute approximate surface area is 191 Å². The van der Waals surface area contributed by atoms with Crippen LogP contribution in [0.25, 0.3) is 0 Å². The molecule has 1 aromatic heterocycles. The number of carbonyl (C=O) groups is 2. The molecule has 30 heavy (non-hydrogen) atoms. The van der Waals surface area contributed by atoms with E-state index in [1.165, 1.54) is 0 Å². The molecule has 1 fully saturated rings. The molecule has 1 aromatic carbocycles. The number of amides is 2. The fourth-order valence-corrected chi connectivity index (χ4v) is 4.09. The predicted molar refractivity (Wildman–Crippen MR) is 122 cm³/mol. The van der Waals surface area contributed by atoms with Crippen molar-refractivity contribution in [3.05, 3.63) is 51.6 Å². The molecule has 0 saturated carbocycles. The van der Waals surface area contributed by atoms with E-state index in [1.54, 1.807) is 29.3 Å². The average Bonchev–Trinajstić information content (AvgIpc) is 2.75. The molecule has 160 valence electrons. The molecular formula is C21H23Cl3N4O2. The average molecular weight is 470 g/mol. The molecule has 0 unspecified atom stereocenters. The fourth-order valence-electron chi connectivity index (χ4n) is 3.48. The molecule has 0 spiro atoms. The van der Waals surface area contributed by atoms with E-state index in [0.29, 0.717) is 40.1 Å². The maximum atomic E-state index is 13.0. The first-order valence-corrected chi connectivity index (χ1v) is 10.9. The molecular weight excluding hydrogens is 447 g/mol. The van der Waals surface area contributed by atoms with Gasteiger partial charge in [0.25, 0.3) is 0 Å². The quantitative estimate of drug-likeness (QED) is 0.663. The van der Waals surface area contributed by atoms with Gasteiger partial charge in [-0.25, -0.2) is 4.98 Å². The van der Waals surface area contributed by atoms with Crippen LogP contribution in [0.15, 0.2) is 36.5 Å². The highest BCUT2D eigenvalue weighted by molar-refractivity contribution is 6.39. The number of nitrogens with one attached hydrogen (secondary N) is 1. The molecule has 1 N–H and O–H groups in total. The molecule has 0 atom stereocenters. The van der Waals surface area contributed by atoms with E-state index < -0.39 is 0 Å². The molecule has 3 rings (SSSR count). The third-order valence-corrected chi connectivity index (χ3v) is 5.99. The summed E-state index contributed by atoms with van der Waals surface area (Å²) in [6, 6.07) is 8.69. The summed E-state index contributed by atoms with van der Waals surface area (Å²) in [5, 5.41) is 4.02. The Bertz CT molecular complexity index is 879. The van der Waals surface area contributed by atoms with Gasteiger partial charge < -0.3 is 15.1 Å². The van der Waals surface area contributed by atoms with Gasteiger partial charge in [-0.05, 0) is 44.0 Å². The number of nitrogens with zero attached hydrogens (tertiary/aromatic N) is 3. The lowest BCUT2D eigenvalue weighted by Crippen LogP contribution is -2.45. The first-order valence-electron chi connectivity index (χ1n) is 9.78. The summed E-state index contributed by atoms with van der Waals surface area (Å²) in [7, 11) is 0. The Hall–Kier alpha value is -2.02. The van der Waals surface area contributed by atoms with Crippen LogP contribution in [0.4, 0.5) is 11.5 Å². The summed E-state index contributed by atoms with van der Waals surface area (Å²) in [4.78, 5) is 33.5. The molecule has 1 aliphatic heterocycles. The minimum Gasteiger partial charge on any atom is -0.357 e. The van der Waals surface area contributed by atoms with Crippen LogP contribution in [0.2, 0.25) is 15.1 Å². The molecule has 0 bridgehead atoms. The Morgan fingerprint density at radius 1 is 1.13 bits per heavy atom. The van der Waals surface area contributed by atoms with Crippen molar-refractivity contribution in [3.63, 3.8) is 0 Å². The highest BCUT2D eigenvalue weighted by atomic mass is 35.5. The van der Waals surface area contributed by atoms with E-state index in [1.807, 2.05) is 19.1 Å². The lowest BCUT2D eigenvalue weighted by Gasteiger charge is -2.34. The van der Waals surface area contributed by atoms with E-state index >= 15 is 0 Å². The van der Waals surface area contributed by atoms with Crippen LogP contribution >= 0.6 is 34.8 Å². The molecule has 1 saturated heterocycles. The molecule has 2 amide bonds. The van der Waals surface area contributed by atoms with Crippen LogP contribution in [0.3, 0.4) is 0 Å². The van der Waals surface area contributed by atoms with E-state index in [2.05, 4.69) is 15.2 Å². The van der Waals surface area contributed by atoms with Gasteiger partial charge in [0, 0.05) is 31.7 Å². The maximum Gasteiger partial charge on any atom is 0.244 e. The minimum absolute atomic E-state index is 0.0124. The maximum absolute atomic E-state index is 13.0. The largest absolute Gasteiger partial charge is 0.357 e. The van der Waals surface area contributed by atoms with Gasteiger partial charge in [0.05, 0.1) is 27.3 Å². The standard InChI is InChI=1S/C21H23Cl3N4O2/c1-2-27(13-19(29)26-20-16(23)4-3-5-17(20)24)21(30)14-8-10-28(11-9-14)18-7-6-15(22)12-25-18/h3-7,12,14H,2,8-11,13H2,1H3,(H,26,29). The molecule has 6 nitrogen and oxygen atoms in total. The highest BCUT2D eigenvalue weighted by Gasteiger charge is 2.29. The molecule has 2 heterocycles. The van der Waals surface area contributed by atoms with Gasteiger partial charge in [-0.2, -0.15) is 0 Å². The smallest absolute Gasteiger partial charge is 0.244 e. The first-order chi connectivity index (χ1) is 14.4. The Kier molecular flexibility index (Phi) is 7.81. The fraction of sp³-hybridized carbons (Fsp3) is 0.381. The van der Waals surface area contributed by atoms with E-state index in [-0.39, 0.29) is 24.3 Å². The number of piperidine rings is 1. The molecule has 0 radical (unpaired) electrons. The number of likely N-dealkylation sites (N-methyl/N-ethyl adjacent to an activating group) is 1. The van der Waals surface area contributed by atoms with Gasteiger partial charge in [0.1, 0.15) is 5.82 Å². The predicted octanol–water partition coefficient (Wildman–Crippen LogP) is 4.75. The Balaban J connectivity index is 1.56. The first kappa shape index (κ1) is 22.7. The number of benzene rings is 1. The van der Waals surface area contributed by atoms with Gasteiger partial charge in [-0.3, -0.25) is 9.59 Å². The molecule has 0 aliphatic carbocycles. The minimum atomic E-state index is -0.331. The molecule has 9 heteroatoms. The van der Waals surface area contributed by atoms with Crippen LogP contribution in [0.1, 0.15) is 19.8 Å². The SMILES string of the molecule is CCN(CC(=O)Nc1c(Cl)cccc1Cl)C(=O)C1CCN(c2ccc(Cl)cn2)CC1. The van der Waals surface area contributed by atoms with Crippen LogP contribution in [-0.4, -0.2) is 47.9 Å². The van der Waals surface area contributed by atoms with Gasteiger partial charge >= 0.3 is 0 Å². The summed E-state index contributed by atoms with van der Waals surface area (Å²) in [5.41, 5.74) is 0.359. The highest BCUT2D eigenvalue weighted by Crippen LogP contribution is 2.30. The lowest BCUT2D eigenvalue weighted by atomic mass is 9.95. The monoisotopic (exact) mass is 468 g/mol. The van der Waals surface area contributed by atoms with Crippen molar-refractivity contribution >= 4 is 58.1 Å². The van der Waals surface area contributed by atoms with E-state index in [9.17, 15) is 9.59 Å². The molecule has 1 aliphatic rings. The van der Waals surface area contributed by atoms with Crippen LogP contribution in [0, 0.1) is 5.92 Å². The summed E-state index contributed by atoms with van der Waals surface area (Å²) in [6.45, 7) is 3.71. The summed E-state index contributed by atoms with van der Waals surface area (Å²) >= 11 is 18.1. The number of hydrogen-bond donors (Lipinski definition) is 1. The second-order valence-corrected chi connectivity index (χ2v) is 8.34. The Morgan fingerprint density at radius 3 is 2.37 bits per heavy atom. The zero-order valence-electron chi connectivity index (χ0n) is 16.6. The number of para-hydroxylation sites is 1. The Morgan fingerprint density at radius 2 is 1.80 bits per heavy atom. The summed E-state index contributed by atoms with van der Waals surface area (Å²) in [6.07, 6.45) is 3.03. The van der Waals surface area contributed by atoms with Gasteiger partial charge in [0.2, 0.25) is 11.8 Å². The van der Waals surface area contributed by atoms with Crippen molar-refractivity contribution in [2.45, 2.75) is 19.8 Å². The summed E-state index contributed by atoms with van der Waals surface area (Å²) in [5.74, 6) is 0.392. The van der Waals surface area contributed by atoms with E-state index in [0.717, 1.165) is 18.9 Å². The second kappa shape index (κ2) is 10.3. The zero-order chi connectivity index (χ0) is 21.7. The van der Waals surface area contributed by atoms with Crippen molar-refractivity contribution in [1.82, 2.24) is 9.88 Å². The van der Waals surface area contributed by atoms with Crippen molar-refractivity contribution < 1.29 is 9.59 Å². The second-order valence-electron chi connectivity index (χ2n) is 7.09. The number of carbonyl (C=O) groups excluding carboxylic acids is 2. The van der Waals surface area contributed by atoms with Gasteiger partial charge in [-0.15, -0.1) is 0 Å². The van der Waals surface area contributed by atoms with Crippen LogP contribution in [-0.2, 0) is 9.59 Å². The van der Waals surface area contributed by atoms with Crippen LogP contribution < -0.4 is 10.2 Å². The number of rotatable bonds is 6. The van der Waals surface area contributed by atoms with E-state index in [4.69, 9.17) is 34.8 Å². The third kappa shape index (κ3) is 5.56. The van der Waals surface area contributed by atoms with Crippen molar-refractivity contribution in [2.24, 2.45) is 5.92 Å². The zero-order valence-corrected chi connectivity index (χ0v) is 18.8. The number of aromatic nitrogens is 1. The number of pyridine rings is 1. The lowest BCUT2D eigenvalue weighted by molar-refractivity contribution is -0.138. The number of hydrogen-bond acceptors (Lipinski definition) is 4. The topological polar surface area (TPSA) is 65.5 Å². The summed E-state index contributed by atoms with van der Waals surface area (Å²) < 4.78 is 0. The third-order valence-electron chi connectivity index (χ3n) is 5.14.